The Balaban J connectivity index is 3.37. The van der Waals surface area contributed by atoms with Gasteiger partial charge in [-0.25, -0.2) is 0 Å². The Bertz CT molecular complexity index is 182. The Labute approximate surface area is 96.4 Å². The van der Waals surface area contributed by atoms with Crippen LogP contribution in [0, 0.1) is 5.92 Å². The molecule has 1 unspecified atom stereocenters. The van der Waals surface area contributed by atoms with Gasteiger partial charge >= 0.3 is 0 Å². The molecule has 2 nitrogen and oxygen atoms in total. The van der Waals surface area contributed by atoms with Crippen molar-refractivity contribution in [1.29, 1.82) is 0 Å². The Morgan fingerprint density at radius 3 is 2.43 bits per heavy atom. The van der Waals surface area contributed by atoms with Crippen molar-refractivity contribution >= 4 is 28.9 Å². The second kappa shape index (κ2) is 8.12. The molecule has 0 fully saturated rings. The van der Waals surface area contributed by atoms with Crippen molar-refractivity contribution in [3.8, 4) is 0 Å². The van der Waals surface area contributed by atoms with Crippen LogP contribution in [0.5, 0.6) is 0 Å². The molecule has 0 aromatic carbocycles. The molecule has 0 aromatic heterocycles. The average molecular weight is 256 g/mol. The summed E-state index contributed by atoms with van der Waals surface area (Å²) in [6, 6.07) is 0. The first-order chi connectivity index (χ1) is 6.45. The molecule has 0 saturated heterocycles. The van der Waals surface area contributed by atoms with E-state index < -0.39 is 5.69 Å². The van der Waals surface area contributed by atoms with Crippen molar-refractivity contribution in [3.63, 3.8) is 0 Å². The van der Waals surface area contributed by atoms with Crippen LogP contribution in [-0.2, 0) is 11.8 Å². The van der Waals surface area contributed by atoms with Gasteiger partial charge in [-0.1, -0.05) is 50.9 Å². The molecule has 0 radical (unpaired) electrons. The molecule has 0 rings (SSSR count). The quantitative estimate of drug-likeness (QED) is 0.515. The lowest BCUT2D eigenvalue weighted by molar-refractivity contribution is 0.500. The summed E-state index contributed by atoms with van der Waals surface area (Å²) >= 11 is 5.69. The minimum Gasteiger partial charge on any atom is -0.338 e. The van der Waals surface area contributed by atoms with E-state index in [-0.39, 0.29) is 0 Å². The molecule has 2 N–H and O–H groups in total. The van der Waals surface area contributed by atoms with Crippen LogP contribution in [0.1, 0.15) is 46.0 Å². The first kappa shape index (κ1) is 14.9. The van der Waals surface area contributed by atoms with Crippen molar-refractivity contribution in [2.75, 3.05) is 5.75 Å². The van der Waals surface area contributed by atoms with E-state index >= 15 is 0 Å². The van der Waals surface area contributed by atoms with E-state index in [1.54, 1.807) is 0 Å². The van der Waals surface area contributed by atoms with Gasteiger partial charge in [0, 0.05) is 5.75 Å². The number of unbranched alkanes of at least 4 members (excludes halogenated alkanes) is 3. The smallest absolute Gasteiger partial charge is 0.242 e. The highest BCUT2D eigenvalue weighted by molar-refractivity contribution is 8.67. The Morgan fingerprint density at radius 1 is 1.29 bits per heavy atom. The van der Waals surface area contributed by atoms with Gasteiger partial charge in [-0.15, -0.1) is 0 Å². The summed E-state index contributed by atoms with van der Waals surface area (Å²) in [5.74, 6) is 1.31. The number of rotatable bonds is 8. The van der Waals surface area contributed by atoms with Crippen LogP contribution in [-0.4, -0.2) is 15.5 Å². The normalized spacial score (nSPS) is 14.3. The summed E-state index contributed by atoms with van der Waals surface area (Å²) in [7, 11) is 0. The van der Waals surface area contributed by atoms with Crippen LogP contribution in [0.25, 0.3) is 0 Å². The van der Waals surface area contributed by atoms with E-state index in [1.807, 2.05) is 0 Å². The van der Waals surface area contributed by atoms with Gasteiger partial charge in [0.1, 0.15) is 0 Å². The maximum Gasteiger partial charge on any atom is 0.242 e. The van der Waals surface area contributed by atoms with E-state index in [9.17, 15) is 0 Å². The van der Waals surface area contributed by atoms with Gasteiger partial charge in [0.25, 0.3) is 0 Å². The lowest BCUT2D eigenvalue weighted by Crippen LogP contribution is -1.97. The molecule has 0 bridgehead atoms. The first-order valence-electron chi connectivity index (χ1n) is 5.15. The highest BCUT2D eigenvalue weighted by Crippen LogP contribution is 2.51. The van der Waals surface area contributed by atoms with Crippen LogP contribution >= 0.6 is 17.1 Å². The third-order valence-electron chi connectivity index (χ3n) is 2.08. The molecule has 0 aromatic rings. The minimum atomic E-state index is -3.01. The summed E-state index contributed by atoms with van der Waals surface area (Å²) < 4.78 is 0. The summed E-state index contributed by atoms with van der Waals surface area (Å²) in [6.07, 6.45) is 6.27. The molecule has 0 amide bonds. The maximum atomic E-state index is 9.02. The minimum absolute atomic E-state index is 0.540. The van der Waals surface area contributed by atoms with E-state index in [0.717, 1.165) is 17.1 Å². The van der Waals surface area contributed by atoms with Gasteiger partial charge in [-0.2, -0.15) is 0 Å². The van der Waals surface area contributed by atoms with Crippen LogP contribution in [0.4, 0.5) is 0 Å². The summed E-state index contributed by atoms with van der Waals surface area (Å²) in [6.45, 7) is 4.34. The predicted octanol–water partition coefficient (Wildman–Crippen LogP) is 3.54. The van der Waals surface area contributed by atoms with Crippen molar-refractivity contribution in [2.24, 2.45) is 5.92 Å². The van der Waals surface area contributed by atoms with E-state index in [1.165, 1.54) is 32.1 Å². The Morgan fingerprint density at radius 2 is 1.93 bits per heavy atom. The Hall–Kier alpha value is 0.920. The van der Waals surface area contributed by atoms with Crippen LogP contribution in [0.15, 0.2) is 0 Å². The highest BCUT2D eigenvalue weighted by atomic mass is 32.9. The molecule has 14 heavy (non-hydrogen) atoms. The van der Waals surface area contributed by atoms with Crippen molar-refractivity contribution in [1.82, 2.24) is 0 Å². The van der Waals surface area contributed by atoms with Crippen LogP contribution in [0.2, 0.25) is 0 Å². The fourth-order valence-corrected chi connectivity index (χ4v) is 3.74. The zero-order chi connectivity index (χ0) is 11.0. The van der Waals surface area contributed by atoms with Crippen molar-refractivity contribution < 1.29 is 9.79 Å². The molecule has 0 spiro atoms. The fraction of sp³-hybridized carbons (Fsp3) is 1.00. The van der Waals surface area contributed by atoms with Crippen molar-refractivity contribution in [3.05, 3.63) is 0 Å². The third-order valence-corrected chi connectivity index (χ3v) is 5.54. The molecular formula is C9H21O2PS2. The topological polar surface area (TPSA) is 40.5 Å². The number of hydrogen-bond acceptors (Lipinski definition) is 2. The summed E-state index contributed by atoms with van der Waals surface area (Å²) in [4.78, 5) is 18.0. The molecule has 86 valence electrons. The largest absolute Gasteiger partial charge is 0.338 e. The van der Waals surface area contributed by atoms with Gasteiger partial charge in [0.05, 0.1) is 0 Å². The lowest BCUT2D eigenvalue weighted by atomic mass is 10.0. The molecule has 0 aliphatic carbocycles. The van der Waals surface area contributed by atoms with Gasteiger partial charge in [-0.05, 0) is 24.1 Å². The van der Waals surface area contributed by atoms with E-state index in [4.69, 9.17) is 9.79 Å². The fourth-order valence-electron chi connectivity index (χ4n) is 1.23. The summed E-state index contributed by atoms with van der Waals surface area (Å²) in [5, 5.41) is 0. The van der Waals surface area contributed by atoms with Crippen LogP contribution in [0.3, 0.4) is 0 Å². The van der Waals surface area contributed by atoms with Gasteiger partial charge in [0.15, 0.2) is 0 Å². The summed E-state index contributed by atoms with van der Waals surface area (Å²) in [5.41, 5.74) is -3.01. The standard InChI is InChI=1S/C9H21O2PS2/c1-3-4-5-6-7-9(2)8-14-12(10,11)13/h9H,3-8H2,1-2H3,(H2,10,11,13). The second-order valence-corrected chi connectivity index (χ2v) is 9.84. The molecule has 5 heteroatoms. The number of hydrogen-bond donors (Lipinski definition) is 2. The van der Waals surface area contributed by atoms with Gasteiger partial charge in [-0.3, -0.25) is 0 Å². The van der Waals surface area contributed by atoms with Crippen LogP contribution < -0.4 is 0 Å². The average Bonchev–Trinajstić information content (AvgIpc) is 2.08. The zero-order valence-corrected chi connectivity index (χ0v) is 11.5. The molecule has 0 saturated carbocycles. The SMILES string of the molecule is CCCCCCC(C)CSP(O)(O)=S. The zero-order valence-electron chi connectivity index (χ0n) is 8.98. The first-order valence-corrected chi connectivity index (χ1v) is 9.45. The highest BCUT2D eigenvalue weighted by Gasteiger charge is 2.11. The monoisotopic (exact) mass is 256 g/mol. The van der Waals surface area contributed by atoms with Crippen molar-refractivity contribution in [2.45, 2.75) is 46.0 Å². The molecule has 1 atom stereocenters. The lowest BCUT2D eigenvalue weighted by Gasteiger charge is -2.12. The van der Waals surface area contributed by atoms with Gasteiger partial charge in [0.2, 0.25) is 5.69 Å². The predicted molar refractivity (Wildman–Crippen MR) is 69.1 cm³/mol. The second-order valence-electron chi connectivity index (χ2n) is 3.74. The molecule has 0 aliphatic rings. The van der Waals surface area contributed by atoms with Gasteiger partial charge < -0.3 is 9.79 Å². The molecule has 0 aliphatic heterocycles. The van der Waals surface area contributed by atoms with E-state index in [2.05, 4.69) is 25.7 Å². The Kier molecular flexibility index (Phi) is 8.65. The van der Waals surface area contributed by atoms with E-state index in [0.29, 0.717) is 5.92 Å². The molecular weight excluding hydrogens is 235 g/mol. The maximum absolute atomic E-state index is 9.02. The molecule has 0 heterocycles. The third kappa shape index (κ3) is 11.0.